The van der Waals surface area contributed by atoms with Crippen LogP contribution in [0.5, 0.6) is 0 Å². The fraction of sp³-hybridized carbons (Fsp3) is 0.111. The summed E-state index contributed by atoms with van der Waals surface area (Å²) in [6.07, 6.45) is 1.60. The van der Waals surface area contributed by atoms with E-state index in [1.54, 1.807) is 24.4 Å². The largest absolute Gasteiger partial charge is 0.323 e. The highest BCUT2D eigenvalue weighted by molar-refractivity contribution is 7.89. The molecule has 0 aliphatic carbocycles. The molecule has 0 aliphatic heterocycles. The quantitative estimate of drug-likeness (QED) is 0.720. The number of anilines is 1. The first-order valence-electron chi connectivity index (χ1n) is 7.80. The van der Waals surface area contributed by atoms with E-state index in [1.165, 1.54) is 19.1 Å². The van der Waals surface area contributed by atoms with Gasteiger partial charge in [0.2, 0.25) is 15.9 Å². The molecule has 0 spiro atoms. The first-order chi connectivity index (χ1) is 12.4. The standard InChI is InChI=1S/C18H16FN3O3S/c1-12(22-26(24,25)16-10-3-2-8-14(16)19)18(23)21-15-9-4-6-13-7-5-11-20-17(13)15/h2-12,22H,1H3,(H,21,23)/t12-/m0/s1. The second kappa shape index (κ2) is 7.19. The SMILES string of the molecule is C[C@H](NS(=O)(=O)c1ccccc1F)C(=O)Nc1cccc2cccnc12. The summed E-state index contributed by atoms with van der Waals surface area (Å²) < 4.78 is 40.5. The van der Waals surface area contributed by atoms with Gasteiger partial charge < -0.3 is 5.32 Å². The molecule has 0 fully saturated rings. The highest BCUT2D eigenvalue weighted by atomic mass is 32.2. The molecule has 1 aromatic heterocycles. The average molecular weight is 373 g/mol. The predicted octanol–water partition coefficient (Wildman–Crippen LogP) is 2.68. The van der Waals surface area contributed by atoms with E-state index in [9.17, 15) is 17.6 Å². The van der Waals surface area contributed by atoms with Crippen LogP contribution in [0.4, 0.5) is 10.1 Å². The van der Waals surface area contributed by atoms with Gasteiger partial charge in [0.25, 0.3) is 0 Å². The molecule has 0 bridgehead atoms. The van der Waals surface area contributed by atoms with Crippen molar-refractivity contribution < 1.29 is 17.6 Å². The van der Waals surface area contributed by atoms with Gasteiger partial charge in [-0.15, -0.1) is 0 Å². The molecule has 8 heteroatoms. The van der Waals surface area contributed by atoms with Crippen molar-refractivity contribution in [3.8, 4) is 0 Å². The Labute approximate surface area is 150 Å². The Kier molecular flexibility index (Phi) is 4.97. The molecular weight excluding hydrogens is 357 g/mol. The number of benzene rings is 2. The zero-order chi connectivity index (χ0) is 18.7. The summed E-state index contributed by atoms with van der Waals surface area (Å²) in [6, 6.07) is 12.8. The maximum Gasteiger partial charge on any atom is 0.244 e. The Hall–Kier alpha value is -2.84. The Morgan fingerprint density at radius 2 is 1.81 bits per heavy atom. The number of carbonyl (C=O) groups excluding carboxylic acids is 1. The molecule has 1 atom stereocenters. The van der Waals surface area contributed by atoms with E-state index >= 15 is 0 Å². The van der Waals surface area contributed by atoms with Crippen molar-refractivity contribution in [1.29, 1.82) is 0 Å². The minimum Gasteiger partial charge on any atom is -0.323 e. The van der Waals surface area contributed by atoms with E-state index in [0.717, 1.165) is 17.5 Å². The Balaban J connectivity index is 1.79. The first kappa shape index (κ1) is 18.0. The summed E-state index contributed by atoms with van der Waals surface area (Å²) in [4.78, 5) is 16.1. The minimum atomic E-state index is -4.17. The van der Waals surface area contributed by atoms with Crippen LogP contribution in [0.1, 0.15) is 6.92 Å². The summed E-state index contributed by atoms with van der Waals surface area (Å²) in [5.74, 6) is -1.46. The molecule has 3 rings (SSSR count). The number of nitrogens with one attached hydrogen (secondary N) is 2. The van der Waals surface area contributed by atoms with Gasteiger partial charge in [0.15, 0.2) is 0 Å². The molecule has 1 heterocycles. The zero-order valence-electron chi connectivity index (χ0n) is 13.8. The molecule has 3 aromatic rings. The number of halogens is 1. The summed E-state index contributed by atoms with van der Waals surface area (Å²) in [7, 11) is -4.17. The summed E-state index contributed by atoms with van der Waals surface area (Å²) in [6.45, 7) is 1.38. The summed E-state index contributed by atoms with van der Waals surface area (Å²) >= 11 is 0. The van der Waals surface area contributed by atoms with Crippen molar-refractivity contribution in [2.45, 2.75) is 17.9 Å². The van der Waals surface area contributed by atoms with Crippen molar-refractivity contribution >= 4 is 32.5 Å². The number of aromatic nitrogens is 1. The van der Waals surface area contributed by atoms with E-state index < -0.39 is 32.7 Å². The van der Waals surface area contributed by atoms with Crippen molar-refractivity contribution in [3.05, 3.63) is 66.6 Å². The lowest BCUT2D eigenvalue weighted by Gasteiger charge is -2.15. The molecule has 6 nitrogen and oxygen atoms in total. The maximum atomic E-state index is 13.7. The van der Waals surface area contributed by atoms with Gasteiger partial charge >= 0.3 is 0 Å². The summed E-state index contributed by atoms with van der Waals surface area (Å²) in [5, 5.41) is 3.49. The van der Waals surface area contributed by atoms with E-state index in [1.807, 2.05) is 12.1 Å². The Bertz CT molecular complexity index is 1060. The fourth-order valence-corrected chi connectivity index (χ4v) is 3.74. The number of hydrogen-bond acceptors (Lipinski definition) is 4. The van der Waals surface area contributed by atoms with Crippen LogP contribution in [-0.4, -0.2) is 25.4 Å². The lowest BCUT2D eigenvalue weighted by molar-refractivity contribution is -0.117. The molecular formula is C18H16FN3O3S. The number of para-hydroxylation sites is 1. The zero-order valence-corrected chi connectivity index (χ0v) is 14.6. The molecule has 0 unspecified atom stereocenters. The molecule has 0 radical (unpaired) electrons. The molecule has 2 N–H and O–H groups in total. The van der Waals surface area contributed by atoms with E-state index in [2.05, 4.69) is 15.0 Å². The van der Waals surface area contributed by atoms with Crippen LogP contribution in [0.25, 0.3) is 10.9 Å². The molecule has 0 aliphatic rings. The van der Waals surface area contributed by atoms with Gasteiger partial charge in [-0.25, -0.2) is 12.8 Å². The monoisotopic (exact) mass is 373 g/mol. The number of hydrogen-bond donors (Lipinski definition) is 2. The molecule has 134 valence electrons. The average Bonchev–Trinajstić information content (AvgIpc) is 2.62. The first-order valence-corrected chi connectivity index (χ1v) is 9.28. The van der Waals surface area contributed by atoms with E-state index in [4.69, 9.17) is 0 Å². The van der Waals surface area contributed by atoms with Gasteiger partial charge in [-0.1, -0.05) is 30.3 Å². The second-order valence-corrected chi connectivity index (χ2v) is 7.33. The van der Waals surface area contributed by atoms with Crippen LogP contribution in [0.15, 0.2) is 65.7 Å². The number of rotatable bonds is 5. The molecule has 1 amide bonds. The highest BCUT2D eigenvalue weighted by Gasteiger charge is 2.24. The van der Waals surface area contributed by atoms with E-state index in [0.29, 0.717) is 11.2 Å². The predicted molar refractivity (Wildman–Crippen MR) is 96.6 cm³/mol. The third kappa shape index (κ3) is 3.71. The van der Waals surface area contributed by atoms with Crippen LogP contribution in [0.3, 0.4) is 0 Å². The Morgan fingerprint density at radius 1 is 1.08 bits per heavy atom. The normalized spacial score (nSPS) is 12.7. The van der Waals surface area contributed by atoms with E-state index in [-0.39, 0.29) is 0 Å². The number of fused-ring (bicyclic) bond motifs is 1. The third-order valence-corrected chi connectivity index (χ3v) is 5.32. The number of amides is 1. The van der Waals surface area contributed by atoms with Gasteiger partial charge in [-0.05, 0) is 31.2 Å². The number of sulfonamides is 1. The second-order valence-electron chi connectivity index (χ2n) is 5.64. The fourth-order valence-electron chi connectivity index (χ4n) is 2.46. The van der Waals surface area contributed by atoms with Crippen molar-refractivity contribution in [3.63, 3.8) is 0 Å². The molecule has 0 saturated heterocycles. The van der Waals surface area contributed by atoms with Crippen LogP contribution >= 0.6 is 0 Å². The number of carbonyl (C=O) groups is 1. The van der Waals surface area contributed by atoms with Gasteiger partial charge in [0, 0.05) is 11.6 Å². The van der Waals surface area contributed by atoms with Crippen LogP contribution in [0, 0.1) is 5.82 Å². The number of pyridine rings is 1. The summed E-state index contributed by atoms with van der Waals surface area (Å²) in [5.41, 5.74) is 1.05. The maximum absolute atomic E-state index is 13.7. The smallest absolute Gasteiger partial charge is 0.244 e. The number of nitrogens with zero attached hydrogens (tertiary/aromatic N) is 1. The van der Waals surface area contributed by atoms with Crippen LogP contribution < -0.4 is 10.0 Å². The molecule has 2 aromatic carbocycles. The van der Waals surface area contributed by atoms with Crippen LogP contribution in [0.2, 0.25) is 0 Å². The van der Waals surface area contributed by atoms with Crippen LogP contribution in [-0.2, 0) is 14.8 Å². The lowest BCUT2D eigenvalue weighted by atomic mass is 10.2. The van der Waals surface area contributed by atoms with Crippen molar-refractivity contribution in [1.82, 2.24) is 9.71 Å². The topological polar surface area (TPSA) is 88.2 Å². The molecule has 26 heavy (non-hydrogen) atoms. The van der Waals surface area contributed by atoms with Gasteiger partial charge in [0.1, 0.15) is 10.7 Å². The van der Waals surface area contributed by atoms with Gasteiger partial charge in [0.05, 0.1) is 17.2 Å². The van der Waals surface area contributed by atoms with Gasteiger partial charge in [-0.2, -0.15) is 4.72 Å². The Morgan fingerprint density at radius 3 is 2.58 bits per heavy atom. The third-order valence-electron chi connectivity index (χ3n) is 3.74. The van der Waals surface area contributed by atoms with Gasteiger partial charge in [-0.3, -0.25) is 9.78 Å². The lowest BCUT2D eigenvalue weighted by Crippen LogP contribution is -2.41. The molecule has 0 saturated carbocycles. The minimum absolute atomic E-state index is 0.463. The highest BCUT2D eigenvalue weighted by Crippen LogP contribution is 2.21. The van der Waals surface area contributed by atoms with Crippen molar-refractivity contribution in [2.24, 2.45) is 0 Å². The van der Waals surface area contributed by atoms with Crippen molar-refractivity contribution in [2.75, 3.05) is 5.32 Å².